The van der Waals surface area contributed by atoms with Crippen LogP contribution in [0, 0.1) is 0 Å². The molecule has 27 heavy (non-hydrogen) atoms. The van der Waals surface area contributed by atoms with Crippen molar-refractivity contribution in [3.8, 4) is 10.6 Å². The Labute approximate surface area is 172 Å². The summed E-state index contributed by atoms with van der Waals surface area (Å²) < 4.78 is 6.36. The summed E-state index contributed by atoms with van der Waals surface area (Å²) in [5.74, 6) is -0.0208. The van der Waals surface area contributed by atoms with Crippen molar-refractivity contribution in [2.24, 2.45) is 0 Å². The molecule has 1 saturated heterocycles. The number of hydrogen-bond donors (Lipinski definition) is 2. The lowest BCUT2D eigenvalue weighted by Gasteiger charge is -2.23. The third-order valence-corrected chi connectivity index (χ3v) is 5.79. The van der Waals surface area contributed by atoms with Gasteiger partial charge in [0, 0.05) is 30.3 Å². The van der Waals surface area contributed by atoms with Gasteiger partial charge < -0.3 is 15.4 Å². The Hall–Kier alpha value is -1.70. The number of aromatic nitrogens is 1. The highest BCUT2D eigenvalue weighted by Gasteiger charge is 2.17. The van der Waals surface area contributed by atoms with Crippen molar-refractivity contribution in [2.75, 3.05) is 25.1 Å². The molecule has 2 N–H and O–H groups in total. The maximum absolute atomic E-state index is 12.2. The molecule has 2 heterocycles. The van der Waals surface area contributed by atoms with Gasteiger partial charge in [0.15, 0.2) is 0 Å². The average molecular weight is 424 g/mol. The maximum atomic E-state index is 12.2. The first-order chi connectivity index (χ1) is 12.7. The first kappa shape index (κ1) is 20.0. The van der Waals surface area contributed by atoms with E-state index in [9.17, 15) is 4.79 Å². The van der Waals surface area contributed by atoms with Crippen LogP contribution in [0.5, 0.6) is 0 Å². The minimum absolute atomic E-state index is 0. The van der Waals surface area contributed by atoms with Crippen LogP contribution in [0.4, 0.5) is 5.69 Å². The van der Waals surface area contributed by atoms with E-state index in [-0.39, 0.29) is 24.4 Å². The molecule has 0 aliphatic carbocycles. The molecular formula is C19H19Cl2N3O2S. The second kappa shape index (κ2) is 8.99. The van der Waals surface area contributed by atoms with Crippen LogP contribution in [0.15, 0.2) is 42.5 Å². The van der Waals surface area contributed by atoms with Gasteiger partial charge in [-0.15, -0.1) is 23.7 Å². The predicted octanol–water partition coefficient (Wildman–Crippen LogP) is 4.36. The zero-order valence-electron chi connectivity index (χ0n) is 14.4. The summed E-state index contributed by atoms with van der Waals surface area (Å²) in [5, 5.41) is 7.84. The second-order valence-electron chi connectivity index (χ2n) is 6.16. The molecule has 1 unspecified atom stereocenters. The van der Waals surface area contributed by atoms with E-state index in [1.165, 1.54) is 0 Å². The molecule has 1 atom stereocenters. The fraction of sp³-hybridized carbons (Fsp3) is 0.263. The highest BCUT2D eigenvalue weighted by Crippen LogP contribution is 2.34. The van der Waals surface area contributed by atoms with Gasteiger partial charge in [0.2, 0.25) is 5.91 Å². The summed E-state index contributed by atoms with van der Waals surface area (Å²) in [7, 11) is 0. The van der Waals surface area contributed by atoms with Crippen LogP contribution in [0.1, 0.15) is 6.42 Å². The number of rotatable bonds is 4. The van der Waals surface area contributed by atoms with Gasteiger partial charge in [0.1, 0.15) is 5.01 Å². The number of benzene rings is 2. The van der Waals surface area contributed by atoms with E-state index in [0.717, 1.165) is 38.0 Å². The number of halogens is 2. The van der Waals surface area contributed by atoms with Crippen molar-refractivity contribution in [3.63, 3.8) is 0 Å². The molecule has 1 fully saturated rings. The van der Waals surface area contributed by atoms with Crippen LogP contribution >= 0.6 is 35.3 Å². The van der Waals surface area contributed by atoms with E-state index in [0.29, 0.717) is 19.6 Å². The van der Waals surface area contributed by atoms with Gasteiger partial charge >= 0.3 is 0 Å². The number of hydrogen-bond acceptors (Lipinski definition) is 5. The molecule has 1 amide bonds. The van der Waals surface area contributed by atoms with E-state index < -0.39 is 0 Å². The molecule has 4 rings (SSSR count). The molecule has 2 aromatic carbocycles. The number of anilines is 1. The third-order valence-electron chi connectivity index (χ3n) is 4.21. The number of carbonyl (C=O) groups is 1. The Morgan fingerprint density at radius 1 is 1.30 bits per heavy atom. The lowest BCUT2D eigenvalue weighted by molar-refractivity contribution is -0.117. The molecule has 1 aliphatic rings. The minimum Gasteiger partial charge on any atom is -0.378 e. The normalized spacial score (nSPS) is 16.7. The van der Waals surface area contributed by atoms with Crippen LogP contribution in [-0.4, -0.2) is 36.7 Å². The van der Waals surface area contributed by atoms with Crippen LogP contribution in [-0.2, 0) is 9.53 Å². The third kappa shape index (κ3) is 4.78. The molecule has 8 heteroatoms. The van der Waals surface area contributed by atoms with Gasteiger partial charge in [-0.2, -0.15) is 0 Å². The summed E-state index contributed by atoms with van der Waals surface area (Å²) in [5.41, 5.74) is 2.68. The van der Waals surface area contributed by atoms with Gasteiger partial charge in [-0.1, -0.05) is 17.7 Å². The van der Waals surface area contributed by atoms with Gasteiger partial charge in [-0.05, 0) is 36.4 Å². The standard InChI is InChI=1S/C19H18ClN3O2S.ClH/c20-15-2-1-3-16-18(15)26-19(23-16)12-4-6-13(7-5-12)22-17(24)10-14-11-25-9-8-21-14;/h1-7,14,21H,8-11H2,(H,22,24);1H. The van der Waals surface area contributed by atoms with E-state index in [4.69, 9.17) is 16.3 Å². The quantitative estimate of drug-likeness (QED) is 0.654. The second-order valence-corrected chi connectivity index (χ2v) is 7.57. The number of morpholine rings is 1. The number of nitrogens with one attached hydrogen (secondary N) is 2. The zero-order valence-corrected chi connectivity index (χ0v) is 16.8. The van der Waals surface area contributed by atoms with Gasteiger partial charge in [0.05, 0.1) is 28.5 Å². The molecule has 3 aromatic rings. The summed E-state index contributed by atoms with van der Waals surface area (Å²) in [6.45, 7) is 2.07. The number of thiazole rings is 1. The molecule has 0 bridgehead atoms. The van der Waals surface area contributed by atoms with Gasteiger partial charge in [-0.3, -0.25) is 4.79 Å². The van der Waals surface area contributed by atoms with E-state index in [2.05, 4.69) is 15.6 Å². The van der Waals surface area contributed by atoms with Crippen molar-refractivity contribution < 1.29 is 9.53 Å². The van der Waals surface area contributed by atoms with Crippen LogP contribution in [0.3, 0.4) is 0 Å². The molecule has 1 aliphatic heterocycles. The molecule has 1 aromatic heterocycles. The zero-order chi connectivity index (χ0) is 17.9. The average Bonchev–Trinajstić information content (AvgIpc) is 3.09. The largest absolute Gasteiger partial charge is 0.378 e. The summed E-state index contributed by atoms with van der Waals surface area (Å²) >= 11 is 7.80. The Bertz CT molecular complexity index is 924. The van der Waals surface area contributed by atoms with Crippen molar-refractivity contribution in [1.82, 2.24) is 10.3 Å². The van der Waals surface area contributed by atoms with Crippen LogP contribution in [0.25, 0.3) is 20.8 Å². The number of fused-ring (bicyclic) bond motifs is 1. The first-order valence-electron chi connectivity index (χ1n) is 8.45. The lowest BCUT2D eigenvalue weighted by Crippen LogP contribution is -2.43. The van der Waals surface area contributed by atoms with Crippen molar-refractivity contribution in [3.05, 3.63) is 47.5 Å². The summed E-state index contributed by atoms with van der Waals surface area (Å²) in [4.78, 5) is 16.8. The van der Waals surface area contributed by atoms with E-state index in [1.54, 1.807) is 11.3 Å². The number of amides is 1. The Morgan fingerprint density at radius 2 is 2.11 bits per heavy atom. The summed E-state index contributed by atoms with van der Waals surface area (Å²) in [6, 6.07) is 13.5. The number of ether oxygens (including phenoxy) is 1. The molecular weight excluding hydrogens is 405 g/mol. The highest BCUT2D eigenvalue weighted by atomic mass is 35.5. The fourth-order valence-corrected chi connectivity index (χ4v) is 4.18. The topological polar surface area (TPSA) is 63.2 Å². The Morgan fingerprint density at radius 3 is 2.81 bits per heavy atom. The van der Waals surface area contributed by atoms with Gasteiger partial charge in [0.25, 0.3) is 0 Å². The maximum Gasteiger partial charge on any atom is 0.226 e. The molecule has 5 nitrogen and oxygen atoms in total. The highest BCUT2D eigenvalue weighted by molar-refractivity contribution is 7.22. The SMILES string of the molecule is Cl.O=C(CC1COCCN1)Nc1ccc(-c2nc3cccc(Cl)c3s2)cc1. The van der Waals surface area contributed by atoms with Crippen LogP contribution < -0.4 is 10.6 Å². The fourth-order valence-electron chi connectivity index (χ4n) is 2.92. The summed E-state index contributed by atoms with van der Waals surface area (Å²) in [6.07, 6.45) is 0.401. The van der Waals surface area contributed by atoms with Crippen molar-refractivity contribution in [2.45, 2.75) is 12.5 Å². The van der Waals surface area contributed by atoms with E-state index >= 15 is 0 Å². The van der Waals surface area contributed by atoms with Gasteiger partial charge in [-0.25, -0.2) is 4.98 Å². The lowest BCUT2D eigenvalue weighted by atomic mass is 10.1. The van der Waals surface area contributed by atoms with Crippen LogP contribution in [0.2, 0.25) is 5.02 Å². The van der Waals surface area contributed by atoms with Crippen molar-refractivity contribution >= 4 is 57.2 Å². The smallest absolute Gasteiger partial charge is 0.226 e. The molecule has 0 spiro atoms. The molecule has 0 saturated carbocycles. The molecule has 142 valence electrons. The van der Waals surface area contributed by atoms with E-state index in [1.807, 2.05) is 42.5 Å². The number of carbonyl (C=O) groups excluding carboxylic acids is 1. The predicted molar refractivity (Wildman–Crippen MR) is 113 cm³/mol. The first-order valence-corrected chi connectivity index (χ1v) is 9.65. The number of nitrogens with zero attached hydrogens (tertiary/aromatic N) is 1. The molecule has 0 radical (unpaired) electrons. The monoisotopic (exact) mass is 423 g/mol. The Kier molecular flexibility index (Phi) is 6.68. The minimum atomic E-state index is -0.0208. The van der Waals surface area contributed by atoms with Crippen molar-refractivity contribution in [1.29, 1.82) is 0 Å². The Balaban J connectivity index is 0.00000210.